The fraction of sp³-hybridized carbons (Fsp3) is 0.214. The Morgan fingerprint density at radius 1 is 1.24 bits per heavy atom. The van der Waals surface area contributed by atoms with E-state index >= 15 is 0 Å². The minimum atomic E-state index is 0.570. The zero-order valence-electron chi connectivity index (χ0n) is 9.43. The highest BCUT2D eigenvalue weighted by Gasteiger charge is 1.97. The summed E-state index contributed by atoms with van der Waals surface area (Å²) in [5.41, 5.74) is 1.74. The summed E-state index contributed by atoms with van der Waals surface area (Å²) in [7, 11) is 0. The van der Waals surface area contributed by atoms with Crippen molar-refractivity contribution >= 4 is 11.3 Å². The van der Waals surface area contributed by atoms with Gasteiger partial charge < -0.3 is 4.74 Å². The maximum absolute atomic E-state index is 8.77. The fourth-order valence-electron chi connectivity index (χ4n) is 1.55. The Morgan fingerprint density at radius 2 is 2.18 bits per heavy atom. The van der Waals surface area contributed by atoms with Gasteiger partial charge in [-0.1, -0.05) is 18.2 Å². The minimum absolute atomic E-state index is 0.570. The molecule has 0 fully saturated rings. The lowest BCUT2D eigenvalue weighted by Crippen LogP contribution is -1.98. The smallest absolute Gasteiger partial charge is 0.0991 e. The summed E-state index contributed by atoms with van der Waals surface area (Å²) in [6, 6.07) is 13.8. The van der Waals surface area contributed by atoms with E-state index in [4.69, 9.17) is 10.00 Å². The number of rotatable bonds is 5. The summed E-state index contributed by atoms with van der Waals surface area (Å²) in [6.45, 7) is 1.29. The van der Waals surface area contributed by atoms with Crippen molar-refractivity contribution in [1.82, 2.24) is 0 Å². The van der Waals surface area contributed by atoms with Gasteiger partial charge in [-0.2, -0.15) is 5.26 Å². The second-order valence-corrected chi connectivity index (χ2v) is 4.73. The van der Waals surface area contributed by atoms with Gasteiger partial charge in [0.1, 0.15) is 0 Å². The molecule has 0 aliphatic carbocycles. The third-order valence-corrected chi connectivity index (χ3v) is 3.33. The monoisotopic (exact) mass is 243 g/mol. The van der Waals surface area contributed by atoms with Crippen molar-refractivity contribution in [3.63, 3.8) is 0 Å². The Kier molecular flexibility index (Phi) is 4.31. The number of hydrogen-bond acceptors (Lipinski definition) is 3. The van der Waals surface area contributed by atoms with Crippen molar-refractivity contribution in [3.8, 4) is 6.07 Å². The molecule has 1 heterocycles. The minimum Gasteiger partial charge on any atom is -0.376 e. The van der Waals surface area contributed by atoms with Crippen molar-refractivity contribution in [2.45, 2.75) is 13.0 Å². The van der Waals surface area contributed by atoms with Gasteiger partial charge in [0, 0.05) is 11.3 Å². The van der Waals surface area contributed by atoms with Crippen LogP contribution in [0.2, 0.25) is 0 Å². The second-order valence-electron chi connectivity index (χ2n) is 3.69. The first-order chi connectivity index (χ1) is 8.38. The molecule has 3 heteroatoms. The van der Waals surface area contributed by atoms with E-state index in [2.05, 4.69) is 23.6 Å². The third-order valence-electron chi connectivity index (χ3n) is 2.40. The Hall–Kier alpha value is -1.63. The summed E-state index contributed by atoms with van der Waals surface area (Å²) in [4.78, 5) is 1.34. The molecule has 0 unspecified atom stereocenters. The van der Waals surface area contributed by atoms with E-state index < -0.39 is 0 Å². The summed E-state index contributed by atoms with van der Waals surface area (Å²) in [5, 5.41) is 10.8. The SMILES string of the molecule is N#Cc1cccc(COCCc2cccs2)c1. The van der Waals surface area contributed by atoms with Crippen molar-refractivity contribution < 1.29 is 4.74 Å². The molecule has 2 rings (SSSR count). The van der Waals surface area contributed by atoms with Gasteiger partial charge in [0.15, 0.2) is 0 Å². The van der Waals surface area contributed by atoms with Crippen LogP contribution < -0.4 is 0 Å². The largest absolute Gasteiger partial charge is 0.376 e. The van der Waals surface area contributed by atoms with Crippen LogP contribution in [-0.4, -0.2) is 6.61 Å². The molecule has 0 aliphatic rings. The van der Waals surface area contributed by atoms with Gasteiger partial charge in [-0.3, -0.25) is 0 Å². The average Bonchev–Trinajstić information content (AvgIpc) is 2.88. The molecular formula is C14H13NOS. The maximum atomic E-state index is 8.77. The van der Waals surface area contributed by atoms with Crippen LogP contribution in [0.4, 0.5) is 0 Å². The molecule has 0 aliphatic heterocycles. The summed E-state index contributed by atoms with van der Waals surface area (Å²) in [5.74, 6) is 0. The third kappa shape index (κ3) is 3.70. The first-order valence-corrected chi connectivity index (χ1v) is 6.35. The van der Waals surface area contributed by atoms with Crippen LogP contribution in [0.3, 0.4) is 0 Å². The Morgan fingerprint density at radius 3 is 2.94 bits per heavy atom. The first-order valence-electron chi connectivity index (χ1n) is 5.47. The van der Waals surface area contributed by atoms with Gasteiger partial charge in [-0.15, -0.1) is 11.3 Å². The van der Waals surface area contributed by atoms with E-state index in [9.17, 15) is 0 Å². The van der Waals surface area contributed by atoms with E-state index in [1.54, 1.807) is 17.4 Å². The van der Waals surface area contributed by atoms with Crippen LogP contribution in [0.1, 0.15) is 16.0 Å². The lowest BCUT2D eigenvalue weighted by atomic mass is 10.1. The Labute approximate surface area is 105 Å². The highest BCUT2D eigenvalue weighted by molar-refractivity contribution is 7.09. The molecule has 0 bridgehead atoms. The van der Waals surface area contributed by atoms with Gasteiger partial charge >= 0.3 is 0 Å². The molecule has 0 saturated heterocycles. The van der Waals surface area contributed by atoms with Gasteiger partial charge in [0.2, 0.25) is 0 Å². The summed E-state index contributed by atoms with van der Waals surface area (Å²) < 4.78 is 5.59. The van der Waals surface area contributed by atoms with Crippen molar-refractivity contribution in [2.24, 2.45) is 0 Å². The molecule has 2 nitrogen and oxygen atoms in total. The number of thiophene rings is 1. The quantitative estimate of drug-likeness (QED) is 0.754. The van der Waals surface area contributed by atoms with Crippen LogP contribution in [-0.2, 0) is 17.8 Å². The van der Waals surface area contributed by atoms with Gasteiger partial charge in [-0.25, -0.2) is 0 Å². The Bertz CT molecular complexity index is 499. The number of benzene rings is 1. The topological polar surface area (TPSA) is 33.0 Å². The molecule has 0 atom stereocenters. The van der Waals surface area contributed by atoms with E-state index in [-0.39, 0.29) is 0 Å². The molecular weight excluding hydrogens is 230 g/mol. The maximum Gasteiger partial charge on any atom is 0.0991 e. The zero-order valence-corrected chi connectivity index (χ0v) is 10.2. The molecule has 2 aromatic rings. The van der Waals surface area contributed by atoms with Crippen molar-refractivity contribution in [2.75, 3.05) is 6.61 Å². The van der Waals surface area contributed by atoms with E-state index in [0.29, 0.717) is 12.2 Å². The standard InChI is InChI=1S/C14H13NOS/c15-10-12-3-1-4-13(9-12)11-16-7-6-14-5-2-8-17-14/h1-5,8-9H,6-7,11H2. The molecule has 1 aromatic heterocycles. The van der Waals surface area contributed by atoms with Gasteiger partial charge in [-0.05, 0) is 29.1 Å². The molecule has 17 heavy (non-hydrogen) atoms. The summed E-state index contributed by atoms with van der Waals surface area (Å²) in [6.07, 6.45) is 0.954. The number of ether oxygens (including phenoxy) is 1. The molecule has 0 spiro atoms. The number of nitriles is 1. The molecule has 1 aromatic carbocycles. The van der Waals surface area contributed by atoms with Crippen LogP contribution in [0.25, 0.3) is 0 Å². The molecule has 0 radical (unpaired) electrons. The first kappa shape index (κ1) is 11.8. The highest BCUT2D eigenvalue weighted by Crippen LogP contribution is 2.10. The van der Waals surface area contributed by atoms with E-state index in [0.717, 1.165) is 18.6 Å². The molecule has 0 N–H and O–H groups in total. The zero-order chi connectivity index (χ0) is 11.9. The number of hydrogen-bond donors (Lipinski definition) is 0. The predicted octanol–water partition coefficient (Wildman–Crippen LogP) is 3.38. The van der Waals surface area contributed by atoms with Gasteiger partial charge in [0.25, 0.3) is 0 Å². The average molecular weight is 243 g/mol. The Balaban J connectivity index is 1.76. The summed E-state index contributed by atoms with van der Waals surface area (Å²) >= 11 is 1.75. The van der Waals surface area contributed by atoms with Crippen LogP contribution in [0.15, 0.2) is 41.8 Å². The predicted molar refractivity (Wildman–Crippen MR) is 68.8 cm³/mol. The van der Waals surface area contributed by atoms with E-state index in [1.807, 2.05) is 18.2 Å². The molecule has 86 valence electrons. The van der Waals surface area contributed by atoms with Crippen LogP contribution in [0.5, 0.6) is 0 Å². The second kappa shape index (κ2) is 6.19. The lowest BCUT2D eigenvalue weighted by Gasteiger charge is -2.03. The van der Waals surface area contributed by atoms with E-state index in [1.165, 1.54) is 4.88 Å². The van der Waals surface area contributed by atoms with Crippen molar-refractivity contribution in [3.05, 3.63) is 57.8 Å². The number of nitrogens with zero attached hydrogens (tertiary/aromatic N) is 1. The molecule has 0 amide bonds. The normalized spacial score (nSPS) is 10.1. The van der Waals surface area contributed by atoms with Gasteiger partial charge in [0.05, 0.1) is 24.8 Å². The lowest BCUT2D eigenvalue weighted by molar-refractivity contribution is 0.124. The van der Waals surface area contributed by atoms with Crippen LogP contribution >= 0.6 is 11.3 Å². The fourth-order valence-corrected chi connectivity index (χ4v) is 2.24. The highest BCUT2D eigenvalue weighted by atomic mass is 32.1. The van der Waals surface area contributed by atoms with Crippen LogP contribution in [0, 0.1) is 11.3 Å². The molecule has 0 saturated carbocycles. The van der Waals surface area contributed by atoms with Crippen molar-refractivity contribution in [1.29, 1.82) is 5.26 Å².